The summed E-state index contributed by atoms with van der Waals surface area (Å²) >= 11 is 0. The molecule has 0 aromatic heterocycles. The van der Waals surface area contributed by atoms with Gasteiger partial charge in [0.05, 0.1) is 5.56 Å². The van der Waals surface area contributed by atoms with Crippen molar-refractivity contribution in [2.75, 3.05) is 6.54 Å². The zero-order chi connectivity index (χ0) is 12.3. The molecule has 1 aliphatic carbocycles. The summed E-state index contributed by atoms with van der Waals surface area (Å²) in [6.45, 7) is 2.61. The summed E-state index contributed by atoms with van der Waals surface area (Å²) in [5.41, 5.74) is 0.196. The molecule has 0 unspecified atom stereocenters. The van der Waals surface area contributed by atoms with E-state index in [1.54, 1.807) is 18.2 Å². The monoisotopic (exact) mass is 235 g/mol. The zero-order valence-electron chi connectivity index (χ0n) is 10.2. The molecule has 0 heterocycles. The second-order valence-corrected chi connectivity index (χ2v) is 4.51. The van der Waals surface area contributed by atoms with E-state index in [0.717, 1.165) is 12.8 Å². The minimum absolute atomic E-state index is 0.169. The first-order chi connectivity index (χ1) is 8.24. The van der Waals surface area contributed by atoms with Crippen molar-refractivity contribution >= 4 is 5.91 Å². The number of hydrogen-bond acceptors (Lipinski definition) is 1. The zero-order valence-corrected chi connectivity index (χ0v) is 10.2. The molecule has 0 bridgehead atoms. The molecule has 92 valence electrons. The van der Waals surface area contributed by atoms with Crippen molar-refractivity contribution in [3.63, 3.8) is 0 Å². The summed E-state index contributed by atoms with van der Waals surface area (Å²) in [6.07, 6.45) is 4.44. The maximum absolute atomic E-state index is 13.6. The Morgan fingerprint density at radius 1 is 1.35 bits per heavy atom. The van der Waals surface area contributed by atoms with Gasteiger partial charge in [0.15, 0.2) is 0 Å². The maximum Gasteiger partial charge on any atom is 0.257 e. The number of halogens is 1. The highest BCUT2D eigenvalue weighted by Gasteiger charge is 2.27. The Hall–Kier alpha value is -1.38. The number of carbonyl (C=O) groups is 1. The third-order valence-corrected chi connectivity index (χ3v) is 3.47. The fourth-order valence-corrected chi connectivity index (χ4v) is 2.57. The third kappa shape index (κ3) is 2.48. The summed E-state index contributed by atoms with van der Waals surface area (Å²) in [5.74, 6) is -0.591. The summed E-state index contributed by atoms with van der Waals surface area (Å²) in [6, 6.07) is 6.52. The lowest BCUT2D eigenvalue weighted by Crippen LogP contribution is -2.39. The van der Waals surface area contributed by atoms with Gasteiger partial charge in [-0.15, -0.1) is 0 Å². The summed E-state index contributed by atoms with van der Waals surface area (Å²) in [7, 11) is 0. The van der Waals surface area contributed by atoms with Crippen LogP contribution in [0, 0.1) is 5.82 Å². The van der Waals surface area contributed by atoms with Crippen LogP contribution in [-0.4, -0.2) is 23.4 Å². The van der Waals surface area contributed by atoms with Crippen molar-refractivity contribution in [2.45, 2.75) is 38.6 Å². The molecule has 0 aliphatic heterocycles. The molecule has 1 saturated carbocycles. The van der Waals surface area contributed by atoms with Gasteiger partial charge in [-0.3, -0.25) is 4.79 Å². The topological polar surface area (TPSA) is 20.3 Å². The molecule has 1 aromatic carbocycles. The van der Waals surface area contributed by atoms with Gasteiger partial charge in [0, 0.05) is 12.6 Å². The molecule has 0 saturated heterocycles. The van der Waals surface area contributed by atoms with Gasteiger partial charge >= 0.3 is 0 Å². The third-order valence-electron chi connectivity index (χ3n) is 3.47. The molecular weight excluding hydrogens is 217 g/mol. The van der Waals surface area contributed by atoms with Crippen molar-refractivity contribution in [1.29, 1.82) is 0 Å². The molecule has 3 heteroatoms. The van der Waals surface area contributed by atoms with Crippen molar-refractivity contribution < 1.29 is 9.18 Å². The van der Waals surface area contributed by atoms with E-state index < -0.39 is 5.82 Å². The van der Waals surface area contributed by atoms with Crippen LogP contribution in [-0.2, 0) is 0 Å². The van der Waals surface area contributed by atoms with E-state index >= 15 is 0 Å². The van der Waals surface area contributed by atoms with E-state index in [1.165, 1.54) is 18.9 Å². The number of amides is 1. The molecule has 17 heavy (non-hydrogen) atoms. The molecule has 2 rings (SSSR count). The highest BCUT2D eigenvalue weighted by Crippen LogP contribution is 2.25. The van der Waals surface area contributed by atoms with Gasteiger partial charge in [-0.25, -0.2) is 4.39 Å². The normalized spacial score (nSPS) is 16.1. The lowest BCUT2D eigenvalue weighted by Gasteiger charge is -2.27. The van der Waals surface area contributed by atoms with Gasteiger partial charge in [0.1, 0.15) is 5.82 Å². The largest absolute Gasteiger partial charge is 0.336 e. The molecule has 1 amide bonds. The molecule has 1 aliphatic rings. The van der Waals surface area contributed by atoms with Crippen LogP contribution < -0.4 is 0 Å². The molecule has 0 N–H and O–H groups in total. The predicted octanol–water partition coefficient (Wildman–Crippen LogP) is 3.23. The van der Waals surface area contributed by atoms with E-state index in [-0.39, 0.29) is 11.5 Å². The molecule has 2 nitrogen and oxygen atoms in total. The van der Waals surface area contributed by atoms with E-state index in [0.29, 0.717) is 12.6 Å². The lowest BCUT2D eigenvalue weighted by molar-refractivity contribution is 0.0689. The standard InChI is InChI=1S/C14H18FNO/c1-2-16(11-7-3-4-8-11)14(17)12-9-5-6-10-13(12)15/h5-6,9-11H,2-4,7-8H2,1H3. The number of nitrogens with zero attached hydrogens (tertiary/aromatic N) is 1. The van der Waals surface area contributed by atoms with E-state index in [9.17, 15) is 9.18 Å². The second-order valence-electron chi connectivity index (χ2n) is 4.51. The Bertz CT molecular complexity index is 399. The second kappa shape index (κ2) is 5.30. The van der Waals surface area contributed by atoms with Gasteiger partial charge in [0.25, 0.3) is 5.91 Å². The van der Waals surface area contributed by atoms with Crippen molar-refractivity contribution in [1.82, 2.24) is 4.90 Å². The highest BCUT2D eigenvalue weighted by molar-refractivity contribution is 5.94. The van der Waals surface area contributed by atoms with Crippen molar-refractivity contribution in [3.05, 3.63) is 35.6 Å². The van der Waals surface area contributed by atoms with Gasteiger partial charge in [-0.05, 0) is 31.9 Å². The maximum atomic E-state index is 13.6. The van der Waals surface area contributed by atoms with Crippen molar-refractivity contribution in [2.24, 2.45) is 0 Å². The minimum Gasteiger partial charge on any atom is -0.336 e. The number of carbonyl (C=O) groups excluding carboxylic acids is 1. The first kappa shape index (κ1) is 12.1. The van der Waals surface area contributed by atoms with E-state index in [2.05, 4.69) is 0 Å². The smallest absolute Gasteiger partial charge is 0.257 e. The van der Waals surface area contributed by atoms with Crippen LogP contribution in [0.3, 0.4) is 0 Å². The van der Waals surface area contributed by atoms with Crippen LogP contribution in [0.1, 0.15) is 43.0 Å². The van der Waals surface area contributed by atoms with E-state index in [1.807, 2.05) is 11.8 Å². The fourth-order valence-electron chi connectivity index (χ4n) is 2.57. The predicted molar refractivity (Wildman–Crippen MR) is 65.4 cm³/mol. The molecular formula is C14H18FNO. The van der Waals surface area contributed by atoms with Crippen LogP contribution in [0.4, 0.5) is 4.39 Å². The highest BCUT2D eigenvalue weighted by atomic mass is 19.1. The minimum atomic E-state index is -0.422. The van der Waals surface area contributed by atoms with E-state index in [4.69, 9.17) is 0 Å². The first-order valence-electron chi connectivity index (χ1n) is 6.29. The first-order valence-corrected chi connectivity index (χ1v) is 6.29. The fraction of sp³-hybridized carbons (Fsp3) is 0.500. The number of rotatable bonds is 3. The lowest BCUT2D eigenvalue weighted by atomic mass is 10.1. The van der Waals surface area contributed by atoms with Gasteiger partial charge in [-0.2, -0.15) is 0 Å². The van der Waals surface area contributed by atoms with Gasteiger partial charge < -0.3 is 4.90 Å². The Morgan fingerprint density at radius 2 is 2.00 bits per heavy atom. The Balaban J connectivity index is 2.20. The average molecular weight is 235 g/mol. The van der Waals surface area contributed by atoms with Crippen LogP contribution >= 0.6 is 0 Å². The number of hydrogen-bond donors (Lipinski definition) is 0. The SMILES string of the molecule is CCN(C(=O)c1ccccc1F)C1CCCC1. The van der Waals surface area contributed by atoms with Crippen LogP contribution in [0.2, 0.25) is 0 Å². The van der Waals surface area contributed by atoms with Crippen LogP contribution in [0.25, 0.3) is 0 Å². The molecule has 1 aromatic rings. The molecule has 0 radical (unpaired) electrons. The molecule has 1 fully saturated rings. The Morgan fingerprint density at radius 3 is 2.59 bits per heavy atom. The number of benzene rings is 1. The quantitative estimate of drug-likeness (QED) is 0.787. The Labute approximate surface area is 101 Å². The van der Waals surface area contributed by atoms with Gasteiger partial charge in [0.2, 0.25) is 0 Å². The Kier molecular flexibility index (Phi) is 3.77. The van der Waals surface area contributed by atoms with Crippen LogP contribution in [0.15, 0.2) is 24.3 Å². The molecule has 0 atom stereocenters. The summed E-state index contributed by atoms with van der Waals surface area (Å²) in [5, 5.41) is 0. The van der Waals surface area contributed by atoms with Crippen LogP contribution in [0.5, 0.6) is 0 Å². The van der Waals surface area contributed by atoms with Crippen molar-refractivity contribution in [3.8, 4) is 0 Å². The summed E-state index contributed by atoms with van der Waals surface area (Å²) < 4.78 is 13.6. The molecule has 0 spiro atoms. The summed E-state index contributed by atoms with van der Waals surface area (Å²) in [4.78, 5) is 14.1. The average Bonchev–Trinajstić information content (AvgIpc) is 2.84. The van der Waals surface area contributed by atoms with Gasteiger partial charge in [-0.1, -0.05) is 25.0 Å².